The third-order valence-corrected chi connectivity index (χ3v) is 3.83. The van der Waals surface area contributed by atoms with Crippen molar-refractivity contribution in [2.45, 2.75) is 13.2 Å². The molecule has 1 N–H and O–H groups in total. The van der Waals surface area contributed by atoms with E-state index in [1.54, 1.807) is 24.5 Å². The predicted octanol–water partition coefficient (Wildman–Crippen LogP) is 3.97. The molecule has 0 spiro atoms. The molecule has 0 fully saturated rings. The minimum Gasteiger partial charge on any atom is -0.489 e. The molecular weight excluding hydrogens is 324 g/mol. The zero-order valence-electron chi connectivity index (χ0n) is 14.2. The Morgan fingerprint density at radius 1 is 1.00 bits per heavy atom. The molecule has 0 radical (unpaired) electrons. The normalized spacial score (nSPS) is 9.96. The van der Waals surface area contributed by atoms with Crippen LogP contribution in [-0.4, -0.2) is 15.7 Å². The SMILES string of the molecule is N#CN(Cc1cccc(OCc2ccccc2)c1)C(=N)c1ccncc1. The zero-order chi connectivity index (χ0) is 18.2. The van der Waals surface area contributed by atoms with Crippen molar-refractivity contribution in [2.75, 3.05) is 0 Å². The van der Waals surface area contributed by atoms with Gasteiger partial charge in [-0.05, 0) is 35.4 Å². The lowest BCUT2D eigenvalue weighted by Crippen LogP contribution is -2.25. The van der Waals surface area contributed by atoms with Gasteiger partial charge in [-0.15, -0.1) is 0 Å². The first kappa shape index (κ1) is 17.2. The highest BCUT2D eigenvalue weighted by Gasteiger charge is 2.12. The van der Waals surface area contributed by atoms with E-state index in [4.69, 9.17) is 10.1 Å². The molecule has 0 saturated carbocycles. The molecule has 0 aliphatic heterocycles. The van der Waals surface area contributed by atoms with Gasteiger partial charge in [-0.3, -0.25) is 15.3 Å². The van der Waals surface area contributed by atoms with Crippen molar-refractivity contribution in [1.82, 2.24) is 9.88 Å². The lowest BCUT2D eigenvalue weighted by Gasteiger charge is -2.17. The minimum absolute atomic E-state index is 0.144. The third kappa shape index (κ3) is 4.46. The quantitative estimate of drug-likeness (QED) is 0.318. The molecule has 5 nitrogen and oxygen atoms in total. The number of rotatable bonds is 6. The van der Waals surface area contributed by atoms with Crippen molar-refractivity contribution in [1.29, 1.82) is 10.7 Å². The zero-order valence-corrected chi connectivity index (χ0v) is 14.2. The van der Waals surface area contributed by atoms with Crippen molar-refractivity contribution in [3.63, 3.8) is 0 Å². The van der Waals surface area contributed by atoms with E-state index in [0.29, 0.717) is 18.7 Å². The molecule has 1 heterocycles. The average molecular weight is 342 g/mol. The number of benzene rings is 2. The van der Waals surface area contributed by atoms with Crippen LogP contribution in [0.2, 0.25) is 0 Å². The number of nitrogens with one attached hydrogen (secondary N) is 1. The summed E-state index contributed by atoms with van der Waals surface area (Å²) in [5.41, 5.74) is 2.64. The Kier molecular flexibility index (Phi) is 5.58. The van der Waals surface area contributed by atoms with E-state index in [2.05, 4.69) is 11.2 Å². The Balaban J connectivity index is 1.67. The van der Waals surface area contributed by atoms with Gasteiger partial charge < -0.3 is 4.74 Å². The Labute approximate surface area is 152 Å². The van der Waals surface area contributed by atoms with Crippen LogP contribution in [0.15, 0.2) is 79.1 Å². The molecule has 0 atom stereocenters. The molecule has 0 aliphatic rings. The molecule has 3 aromatic rings. The van der Waals surface area contributed by atoms with Gasteiger partial charge in [0.2, 0.25) is 0 Å². The number of hydrogen-bond acceptors (Lipinski definition) is 4. The first-order chi connectivity index (χ1) is 12.8. The lowest BCUT2D eigenvalue weighted by atomic mass is 10.1. The summed E-state index contributed by atoms with van der Waals surface area (Å²) in [7, 11) is 0. The molecule has 3 rings (SSSR count). The standard InChI is InChI=1S/C21H18N4O/c22-16-25(21(23)19-9-11-24-12-10-19)14-18-7-4-8-20(13-18)26-15-17-5-2-1-3-6-17/h1-13,23H,14-15H2. The second-order valence-electron chi connectivity index (χ2n) is 5.69. The first-order valence-electron chi connectivity index (χ1n) is 8.18. The summed E-state index contributed by atoms with van der Waals surface area (Å²) in [4.78, 5) is 5.28. The fourth-order valence-corrected chi connectivity index (χ4v) is 2.49. The smallest absolute Gasteiger partial charge is 0.185 e. The summed E-state index contributed by atoms with van der Waals surface area (Å²) in [5, 5.41) is 17.7. The molecule has 0 unspecified atom stereocenters. The van der Waals surface area contributed by atoms with E-state index in [1.165, 1.54) is 4.90 Å². The molecular formula is C21H18N4O. The Morgan fingerprint density at radius 3 is 2.46 bits per heavy atom. The summed E-state index contributed by atoms with van der Waals surface area (Å²) in [6, 6.07) is 21.0. The van der Waals surface area contributed by atoms with Gasteiger partial charge in [0.25, 0.3) is 0 Å². The summed E-state index contributed by atoms with van der Waals surface area (Å²) in [5.74, 6) is 0.880. The fourth-order valence-electron chi connectivity index (χ4n) is 2.49. The van der Waals surface area contributed by atoms with Crippen LogP contribution in [-0.2, 0) is 13.2 Å². The topological polar surface area (TPSA) is 73.0 Å². The molecule has 26 heavy (non-hydrogen) atoms. The van der Waals surface area contributed by atoms with Gasteiger partial charge in [-0.25, -0.2) is 0 Å². The minimum atomic E-state index is 0.144. The van der Waals surface area contributed by atoms with Crippen LogP contribution in [0.5, 0.6) is 5.75 Å². The van der Waals surface area contributed by atoms with Crippen LogP contribution in [0.25, 0.3) is 0 Å². The van der Waals surface area contributed by atoms with Crippen LogP contribution >= 0.6 is 0 Å². The van der Waals surface area contributed by atoms with Crippen LogP contribution in [0, 0.1) is 16.9 Å². The highest BCUT2D eigenvalue weighted by atomic mass is 16.5. The molecule has 0 bridgehead atoms. The van der Waals surface area contributed by atoms with E-state index in [-0.39, 0.29) is 5.84 Å². The third-order valence-electron chi connectivity index (χ3n) is 3.83. The van der Waals surface area contributed by atoms with Crippen LogP contribution < -0.4 is 4.74 Å². The number of amidine groups is 1. The Bertz CT molecular complexity index is 904. The van der Waals surface area contributed by atoms with Crippen molar-refractivity contribution in [2.24, 2.45) is 0 Å². The largest absolute Gasteiger partial charge is 0.489 e. The highest BCUT2D eigenvalue weighted by Crippen LogP contribution is 2.17. The maximum atomic E-state index is 9.43. The predicted molar refractivity (Wildman–Crippen MR) is 99.4 cm³/mol. The molecule has 0 aliphatic carbocycles. The highest BCUT2D eigenvalue weighted by molar-refractivity contribution is 5.97. The van der Waals surface area contributed by atoms with Crippen LogP contribution in [0.4, 0.5) is 0 Å². The second-order valence-corrected chi connectivity index (χ2v) is 5.69. The van der Waals surface area contributed by atoms with Gasteiger partial charge in [-0.1, -0.05) is 42.5 Å². The monoisotopic (exact) mass is 342 g/mol. The molecule has 5 heteroatoms. The fraction of sp³-hybridized carbons (Fsp3) is 0.0952. The van der Waals surface area contributed by atoms with E-state index < -0.39 is 0 Å². The number of aromatic nitrogens is 1. The number of nitrogens with zero attached hydrogens (tertiary/aromatic N) is 3. The molecule has 0 amide bonds. The van der Waals surface area contributed by atoms with Crippen molar-refractivity contribution < 1.29 is 4.74 Å². The van der Waals surface area contributed by atoms with E-state index in [0.717, 1.165) is 16.9 Å². The van der Waals surface area contributed by atoms with Crippen LogP contribution in [0.1, 0.15) is 16.7 Å². The van der Waals surface area contributed by atoms with E-state index in [9.17, 15) is 5.26 Å². The number of nitriles is 1. The average Bonchev–Trinajstić information content (AvgIpc) is 2.72. The van der Waals surface area contributed by atoms with Crippen molar-refractivity contribution >= 4 is 5.84 Å². The summed E-state index contributed by atoms with van der Waals surface area (Å²) >= 11 is 0. The Hall–Kier alpha value is -3.65. The summed E-state index contributed by atoms with van der Waals surface area (Å²) < 4.78 is 5.83. The van der Waals surface area contributed by atoms with Crippen LogP contribution in [0.3, 0.4) is 0 Å². The van der Waals surface area contributed by atoms with E-state index >= 15 is 0 Å². The maximum absolute atomic E-state index is 9.43. The number of hydrogen-bond donors (Lipinski definition) is 1. The number of pyridine rings is 1. The molecule has 1 aromatic heterocycles. The van der Waals surface area contributed by atoms with Crippen molar-refractivity contribution in [3.05, 3.63) is 95.8 Å². The van der Waals surface area contributed by atoms with Gasteiger partial charge in [0.15, 0.2) is 6.19 Å². The van der Waals surface area contributed by atoms with Gasteiger partial charge in [0.05, 0.1) is 6.54 Å². The van der Waals surface area contributed by atoms with Gasteiger partial charge in [-0.2, -0.15) is 5.26 Å². The van der Waals surface area contributed by atoms with Gasteiger partial charge in [0.1, 0.15) is 18.2 Å². The summed E-state index contributed by atoms with van der Waals surface area (Å²) in [6.45, 7) is 0.791. The van der Waals surface area contributed by atoms with Gasteiger partial charge in [0, 0.05) is 18.0 Å². The van der Waals surface area contributed by atoms with Gasteiger partial charge >= 0.3 is 0 Å². The maximum Gasteiger partial charge on any atom is 0.185 e. The molecule has 0 saturated heterocycles. The molecule has 2 aromatic carbocycles. The lowest BCUT2D eigenvalue weighted by molar-refractivity contribution is 0.305. The summed E-state index contributed by atoms with van der Waals surface area (Å²) in [6.07, 6.45) is 5.29. The second kappa shape index (κ2) is 8.45. The first-order valence-corrected chi connectivity index (χ1v) is 8.18. The van der Waals surface area contributed by atoms with Crippen molar-refractivity contribution in [3.8, 4) is 11.9 Å². The number of ether oxygens (including phenoxy) is 1. The molecule has 128 valence electrons. The Morgan fingerprint density at radius 2 is 1.73 bits per heavy atom. The van der Waals surface area contributed by atoms with E-state index in [1.807, 2.05) is 54.6 Å².